The highest BCUT2D eigenvalue weighted by molar-refractivity contribution is 5.89. The number of hydrogen-bond donors (Lipinski definition) is 0. The van der Waals surface area contributed by atoms with Gasteiger partial charge in [-0.05, 0) is 98.8 Å². The number of rotatable bonds is 4. The molecule has 0 spiro atoms. The molecule has 0 amide bonds. The van der Waals surface area contributed by atoms with Crippen LogP contribution in [0, 0.1) is 41.3 Å². The van der Waals surface area contributed by atoms with E-state index in [0.717, 1.165) is 11.1 Å². The highest BCUT2D eigenvalue weighted by Crippen LogP contribution is 2.16. The molecule has 0 aliphatic heterocycles. The Kier molecular flexibility index (Phi) is 9.73. The summed E-state index contributed by atoms with van der Waals surface area (Å²) in [5.41, 5.74) is 4.25. The minimum atomic E-state index is -0.504. The highest BCUT2D eigenvalue weighted by Gasteiger charge is 2.06. The maximum atomic E-state index is 14.7. The van der Waals surface area contributed by atoms with Gasteiger partial charge in [0.15, 0.2) is 0 Å². The Morgan fingerprint density at radius 3 is 1.53 bits per heavy atom. The van der Waals surface area contributed by atoms with Gasteiger partial charge in [-0.25, -0.2) is 14.0 Å². The van der Waals surface area contributed by atoms with Crippen molar-refractivity contribution in [2.45, 2.75) is 13.8 Å². The zero-order chi connectivity index (χ0) is 30.8. The van der Waals surface area contributed by atoms with Gasteiger partial charge in [-0.2, -0.15) is 0 Å². The van der Waals surface area contributed by atoms with Gasteiger partial charge < -0.3 is 9.47 Å². The molecule has 0 aliphatic rings. The van der Waals surface area contributed by atoms with E-state index in [4.69, 9.17) is 9.47 Å². The first-order chi connectivity index (χ1) is 20.7. The van der Waals surface area contributed by atoms with Crippen LogP contribution >= 0.6 is 0 Å². The highest BCUT2D eigenvalue weighted by atomic mass is 19.1. The largest absolute Gasteiger partial charge is 0.423 e. The van der Waals surface area contributed by atoms with Gasteiger partial charge in [-0.3, -0.25) is 0 Å². The van der Waals surface area contributed by atoms with E-state index in [-0.39, 0.29) is 5.56 Å². The van der Waals surface area contributed by atoms with Gasteiger partial charge >= 0.3 is 11.9 Å². The molecule has 0 N–H and O–H groups in total. The Hall–Kier alpha value is -6.09. The van der Waals surface area contributed by atoms with Crippen molar-refractivity contribution in [3.05, 3.63) is 154 Å². The van der Waals surface area contributed by atoms with E-state index in [2.05, 4.69) is 48.7 Å². The number of hydrogen-bond acceptors (Lipinski definition) is 4. The molecule has 43 heavy (non-hydrogen) atoms. The topological polar surface area (TPSA) is 52.6 Å². The smallest absolute Gasteiger partial charge is 0.338 e. The fraction of sp³-hybridized carbons (Fsp3) is 0.0526. The van der Waals surface area contributed by atoms with E-state index >= 15 is 0 Å². The van der Waals surface area contributed by atoms with E-state index in [1.807, 2.05) is 30.3 Å². The lowest BCUT2D eigenvalue weighted by atomic mass is 10.1. The molecule has 0 heterocycles. The van der Waals surface area contributed by atoms with Crippen molar-refractivity contribution in [3.8, 4) is 47.0 Å². The Balaban J connectivity index is 1.38. The first-order valence-electron chi connectivity index (χ1n) is 13.1. The summed E-state index contributed by atoms with van der Waals surface area (Å²) >= 11 is 0. The lowest BCUT2D eigenvalue weighted by molar-refractivity contribution is -0.130. The van der Waals surface area contributed by atoms with E-state index < -0.39 is 17.8 Å². The van der Waals surface area contributed by atoms with Crippen molar-refractivity contribution in [1.29, 1.82) is 0 Å². The van der Waals surface area contributed by atoms with Crippen LogP contribution in [0.3, 0.4) is 0 Å². The van der Waals surface area contributed by atoms with Gasteiger partial charge in [-0.1, -0.05) is 54.7 Å². The van der Waals surface area contributed by atoms with E-state index in [1.165, 1.54) is 6.07 Å². The molecule has 0 bridgehead atoms. The number of benzene rings is 4. The second kappa shape index (κ2) is 14.0. The van der Waals surface area contributed by atoms with Gasteiger partial charge in [0.05, 0.1) is 5.56 Å². The monoisotopic (exact) mass is 564 g/mol. The van der Waals surface area contributed by atoms with Crippen LogP contribution in [0.5, 0.6) is 11.5 Å². The summed E-state index contributed by atoms with van der Waals surface area (Å²) in [6.07, 6.45) is 0. The van der Waals surface area contributed by atoms with Gasteiger partial charge in [0.2, 0.25) is 0 Å². The third-order valence-corrected chi connectivity index (χ3v) is 5.70. The van der Waals surface area contributed by atoms with Crippen LogP contribution in [0.25, 0.3) is 0 Å². The van der Waals surface area contributed by atoms with E-state index in [1.54, 1.807) is 68.4 Å². The summed E-state index contributed by atoms with van der Waals surface area (Å²) < 4.78 is 25.1. The van der Waals surface area contributed by atoms with Gasteiger partial charge in [0.25, 0.3) is 0 Å². The second-order valence-electron chi connectivity index (χ2n) is 9.41. The van der Waals surface area contributed by atoms with Gasteiger partial charge in [-0.15, -0.1) is 0 Å². The predicted octanol–water partition coefficient (Wildman–Crippen LogP) is 6.99. The zero-order valence-electron chi connectivity index (χ0n) is 23.6. The first kappa shape index (κ1) is 29.9. The fourth-order valence-corrected chi connectivity index (χ4v) is 3.39. The minimum absolute atomic E-state index is 0.241. The van der Waals surface area contributed by atoms with Crippen LogP contribution in [0.15, 0.2) is 115 Å². The molecule has 4 aromatic carbocycles. The van der Waals surface area contributed by atoms with Crippen molar-refractivity contribution in [2.24, 2.45) is 0 Å². The number of esters is 2. The standard InChI is InChI=1S/C38H25FO4/c1-26(2)37(40)42-34-22-18-30(19-23-34)16-20-33-21-17-32(25-36(33)39)15-13-29-10-8-28(9-11-29)12-14-31-6-5-7-35(24-31)43-38(41)27(3)4/h5-11,17-19,21-25H,1,3H2,2,4H3. The molecule has 4 rings (SSSR count). The summed E-state index contributed by atoms with van der Waals surface area (Å²) in [4.78, 5) is 23.3. The van der Waals surface area contributed by atoms with Crippen molar-refractivity contribution < 1.29 is 23.5 Å². The molecule has 0 saturated carbocycles. The molecule has 0 aromatic heterocycles. The lowest BCUT2D eigenvalue weighted by Crippen LogP contribution is -2.08. The lowest BCUT2D eigenvalue weighted by Gasteiger charge is -2.03. The van der Waals surface area contributed by atoms with Crippen molar-refractivity contribution >= 4 is 11.9 Å². The van der Waals surface area contributed by atoms with Crippen molar-refractivity contribution in [3.63, 3.8) is 0 Å². The third kappa shape index (κ3) is 8.95. The summed E-state index contributed by atoms with van der Waals surface area (Å²) in [7, 11) is 0. The average molecular weight is 565 g/mol. The molecule has 208 valence electrons. The molecule has 0 unspecified atom stereocenters. The molecule has 4 nitrogen and oxygen atoms in total. The Morgan fingerprint density at radius 2 is 1.00 bits per heavy atom. The Labute approximate surface area is 250 Å². The molecule has 0 aliphatic carbocycles. The van der Waals surface area contributed by atoms with Crippen LogP contribution in [0.1, 0.15) is 47.2 Å². The number of carbonyl (C=O) groups is 2. The zero-order valence-corrected chi connectivity index (χ0v) is 23.6. The summed E-state index contributed by atoms with van der Waals surface area (Å²) in [5.74, 6) is 17.2. The minimum Gasteiger partial charge on any atom is -0.423 e. The van der Waals surface area contributed by atoms with E-state index in [0.29, 0.717) is 39.3 Å². The van der Waals surface area contributed by atoms with Crippen LogP contribution in [0.2, 0.25) is 0 Å². The number of carbonyl (C=O) groups excluding carboxylic acids is 2. The first-order valence-corrected chi connectivity index (χ1v) is 13.1. The number of halogens is 1. The SMILES string of the molecule is C=C(C)C(=O)Oc1ccc(C#Cc2ccc(C#Cc3ccc(C#Cc4cccc(OC(=O)C(=C)C)c4)cc3)cc2F)cc1. The van der Waals surface area contributed by atoms with Crippen LogP contribution in [-0.4, -0.2) is 11.9 Å². The quantitative estimate of drug-likeness (QED) is 0.116. The summed E-state index contributed by atoms with van der Waals surface area (Å²) in [6.45, 7) is 10.3. The van der Waals surface area contributed by atoms with Crippen LogP contribution in [-0.2, 0) is 9.59 Å². The van der Waals surface area contributed by atoms with Crippen molar-refractivity contribution in [2.75, 3.05) is 0 Å². The van der Waals surface area contributed by atoms with Crippen LogP contribution < -0.4 is 9.47 Å². The summed E-state index contributed by atoms with van der Waals surface area (Å²) in [5, 5.41) is 0. The molecular weight excluding hydrogens is 539 g/mol. The maximum Gasteiger partial charge on any atom is 0.338 e. The fourth-order valence-electron chi connectivity index (χ4n) is 3.39. The maximum absolute atomic E-state index is 14.7. The molecular formula is C38H25FO4. The Morgan fingerprint density at radius 1 is 0.558 bits per heavy atom. The Bertz CT molecular complexity index is 1910. The average Bonchev–Trinajstić information content (AvgIpc) is 3.00. The molecule has 0 atom stereocenters. The predicted molar refractivity (Wildman–Crippen MR) is 165 cm³/mol. The van der Waals surface area contributed by atoms with Gasteiger partial charge in [0, 0.05) is 39.0 Å². The molecule has 5 heteroatoms. The second-order valence-corrected chi connectivity index (χ2v) is 9.41. The van der Waals surface area contributed by atoms with Gasteiger partial charge in [0.1, 0.15) is 17.3 Å². The van der Waals surface area contributed by atoms with E-state index in [9.17, 15) is 14.0 Å². The summed E-state index contributed by atoms with van der Waals surface area (Å²) in [6, 6.07) is 25.6. The molecule has 0 saturated heterocycles. The molecule has 4 aromatic rings. The molecule has 0 fully saturated rings. The van der Waals surface area contributed by atoms with Crippen molar-refractivity contribution in [1.82, 2.24) is 0 Å². The number of ether oxygens (including phenoxy) is 2. The normalized spacial score (nSPS) is 9.56. The third-order valence-electron chi connectivity index (χ3n) is 5.70. The van der Waals surface area contributed by atoms with Crippen LogP contribution in [0.4, 0.5) is 4.39 Å². The molecule has 0 radical (unpaired) electrons.